The number of carbonyl (C=O) groups is 2. The predicted octanol–water partition coefficient (Wildman–Crippen LogP) is 0.492. The van der Waals surface area contributed by atoms with Crippen LogP contribution in [0.2, 0.25) is 0 Å². The van der Waals surface area contributed by atoms with Crippen LogP contribution in [0.3, 0.4) is 0 Å². The smallest absolute Gasteiger partial charge is 0.241 e. The zero-order valence-electron chi connectivity index (χ0n) is 10.6. The fourth-order valence-corrected chi connectivity index (χ4v) is 3.52. The van der Waals surface area contributed by atoms with Crippen molar-refractivity contribution >= 4 is 17.5 Å². The number of amides is 2. The van der Waals surface area contributed by atoms with Crippen LogP contribution in [0.15, 0.2) is 42.5 Å². The van der Waals surface area contributed by atoms with Gasteiger partial charge in [0.15, 0.2) is 0 Å². The van der Waals surface area contributed by atoms with Gasteiger partial charge in [-0.2, -0.15) is 0 Å². The predicted molar refractivity (Wildman–Crippen MR) is 69.7 cm³/mol. The van der Waals surface area contributed by atoms with E-state index in [9.17, 15) is 14.7 Å². The Morgan fingerprint density at radius 3 is 2.65 bits per heavy atom. The molecule has 3 heterocycles. The van der Waals surface area contributed by atoms with Crippen molar-refractivity contribution in [3.05, 3.63) is 42.5 Å². The number of carbonyl (C=O) groups excluding carboxylic acids is 2. The Balaban J connectivity index is 1.79. The van der Waals surface area contributed by atoms with Crippen LogP contribution in [0.25, 0.3) is 0 Å². The van der Waals surface area contributed by atoms with E-state index in [0.29, 0.717) is 5.69 Å². The number of ether oxygens (including phenoxy) is 1. The van der Waals surface area contributed by atoms with E-state index in [1.54, 1.807) is 36.4 Å². The maximum Gasteiger partial charge on any atom is 0.241 e. The zero-order valence-corrected chi connectivity index (χ0v) is 10.6. The second kappa shape index (κ2) is 3.77. The van der Waals surface area contributed by atoms with Crippen molar-refractivity contribution in [2.75, 3.05) is 11.5 Å². The molecular weight excluding hydrogens is 258 g/mol. The number of fused-ring (bicyclic) bond motifs is 5. The molecule has 0 radical (unpaired) electrons. The number of nitrogens with zero attached hydrogens (tertiary/aromatic N) is 1. The van der Waals surface area contributed by atoms with Gasteiger partial charge in [-0.25, -0.2) is 4.90 Å². The van der Waals surface area contributed by atoms with Gasteiger partial charge >= 0.3 is 0 Å². The summed E-state index contributed by atoms with van der Waals surface area (Å²) in [6.07, 6.45) is 3.09. The van der Waals surface area contributed by atoms with Gasteiger partial charge in [0.1, 0.15) is 5.60 Å². The van der Waals surface area contributed by atoms with Crippen LogP contribution in [-0.2, 0) is 14.3 Å². The fourth-order valence-electron chi connectivity index (χ4n) is 3.52. The van der Waals surface area contributed by atoms with Crippen LogP contribution < -0.4 is 4.90 Å². The first-order valence-corrected chi connectivity index (χ1v) is 6.59. The molecule has 0 aromatic heterocycles. The number of anilines is 1. The number of imide groups is 1. The van der Waals surface area contributed by atoms with Crippen molar-refractivity contribution in [3.63, 3.8) is 0 Å². The van der Waals surface area contributed by atoms with Crippen LogP contribution in [0, 0.1) is 11.8 Å². The molecule has 1 N–H and O–H groups in total. The maximum absolute atomic E-state index is 12.6. The molecule has 3 aliphatic heterocycles. The third-order valence-electron chi connectivity index (χ3n) is 4.42. The molecule has 20 heavy (non-hydrogen) atoms. The minimum Gasteiger partial charge on any atom is -0.393 e. The molecule has 102 valence electrons. The first-order chi connectivity index (χ1) is 9.68. The monoisotopic (exact) mass is 271 g/mol. The van der Waals surface area contributed by atoms with Gasteiger partial charge in [0.05, 0.1) is 30.2 Å². The molecule has 2 bridgehead atoms. The highest BCUT2D eigenvalue weighted by Crippen LogP contribution is 2.52. The number of hydrogen-bond acceptors (Lipinski definition) is 4. The summed E-state index contributed by atoms with van der Waals surface area (Å²) < 4.78 is 5.67. The molecule has 5 nitrogen and oxygen atoms in total. The molecule has 0 aliphatic carbocycles. The Bertz CT molecular complexity index is 626. The van der Waals surface area contributed by atoms with Crippen molar-refractivity contribution in [2.24, 2.45) is 11.8 Å². The van der Waals surface area contributed by atoms with E-state index < -0.39 is 23.5 Å². The molecule has 0 spiro atoms. The van der Waals surface area contributed by atoms with E-state index in [-0.39, 0.29) is 18.4 Å². The van der Waals surface area contributed by atoms with Crippen molar-refractivity contribution in [1.29, 1.82) is 0 Å². The standard InChI is InChI=1S/C15H13NO4/c17-8-15-7-6-10(20-15)11-12(15)14(19)16(13(11)18)9-4-2-1-3-5-9/h1-7,10-12,17H,8H2/t10-,11+,12+,15+/m1/s1. The van der Waals surface area contributed by atoms with Crippen molar-refractivity contribution < 1.29 is 19.4 Å². The Kier molecular flexibility index (Phi) is 2.23. The van der Waals surface area contributed by atoms with Crippen molar-refractivity contribution in [2.45, 2.75) is 11.7 Å². The van der Waals surface area contributed by atoms with Gasteiger partial charge < -0.3 is 9.84 Å². The summed E-state index contributed by atoms with van der Waals surface area (Å²) in [5.74, 6) is -1.65. The fraction of sp³-hybridized carbons (Fsp3) is 0.333. The van der Waals surface area contributed by atoms with E-state index >= 15 is 0 Å². The number of para-hydroxylation sites is 1. The van der Waals surface area contributed by atoms with Gasteiger partial charge in [-0.3, -0.25) is 9.59 Å². The highest BCUT2D eigenvalue weighted by atomic mass is 16.5. The zero-order chi connectivity index (χ0) is 13.9. The lowest BCUT2D eigenvalue weighted by molar-refractivity contribution is -0.128. The highest BCUT2D eigenvalue weighted by Gasteiger charge is 2.67. The molecular formula is C15H13NO4. The third kappa shape index (κ3) is 1.24. The van der Waals surface area contributed by atoms with Crippen LogP contribution in [0.1, 0.15) is 0 Å². The summed E-state index contributed by atoms with van der Waals surface area (Å²) in [5, 5.41) is 9.59. The maximum atomic E-state index is 12.6. The molecule has 2 amide bonds. The van der Waals surface area contributed by atoms with E-state index in [0.717, 1.165) is 0 Å². The molecule has 1 aromatic rings. The molecule has 3 aliphatic rings. The highest BCUT2D eigenvalue weighted by molar-refractivity contribution is 6.23. The Labute approximate surface area is 115 Å². The minimum absolute atomic E-state index is 0.240. The van der Waals surface area contributed by atoms with E-state index in [2.05, 4.69) is 0 Å². The average Bonchev–Trinajstić information content (AvgIpc) is 3.11. The van der Waals surface area contributed by atoms with Crippen LogP contribution in [0.4, 0.5) is 5.69 Å². The molecule has 0 unspecified atom stereocenters. The lowest BCUT2D eigenvalue weighted by Crippen LogP contribution is -2.43. The first kappa shape index (κ1) is 11.8. The molecule has 2 fully saturated rings. The SMILES string of the molecule is O=C1[C@@H]2[C@@H](C(=O)N1c1ccccc1)[C@@]1(CO)C=C[C@H]2O1. The Hall–Kier alpha value is -1.98. The number of aliphatic hydroxyl groups excluding tert-OH is 1. The number of rotatable bonds is 2. The van der Waals surface area contributed by atoms with Crippen LogP contribution >= 0.6 is 0 Å². The molecule has 1 aromatic carbocycles. The summed E-state index contributed by atoms with van der Waals surface area (Å²) in [5.41, 5.74) is -0.449. The molecule has 2 saturated heterocycles. The molecule has 4 atom stereocenters. The van der Waals surface area contributed by atoms with Gasteiger partial charge in [-0.15, -0.1) is 0 Å². The topological polar surface area (TPSA) is 66.8 Å². The number of benzene rings is 1. The summed E-state index contributed by atoms with van der Waals surface area (Å²) in [6, 6.07) is 8.88. The van der Waals surface area contributed by atoms with Gasteiger partial charge in [0.2, 0.25) is 11.8 Å². The summed E-state index contributed by atoms with van der Waals surface area (Å²) in [6.45, 7) is -0.289. The Morgan fingerprint density at radius 1 is 1.20 bits per heavy atom. The van der Waals surface area contributed by atoms with E-state index in [1.165, 1.54) is 4.90 Å². The summed E-state index contributed by atoms with van der Waals surface area (Å²) >= 11 is 0. The summed E-state index contributed by atoms with van der Waals surface area (Å²) in [7, 11) is 0. The molecule has 4 rings (SSSR count). The largest absolute Gasteiger partial charge is 0.393 e. The molecule has 0 saturated carbocycles. The van der Waals surface area contributed by atoms with E-state index in [4.69, 9.17) is 4.74 Å². The van der Waals surface area contributed by atoms with E-state index in [1.807, 2.05) is 6.07 Å². The van der Waals surface area contributed by atoms with Crippen molar-refractivity contribution in [3.8, 4) is 0 Å². The van der Waals surface area contributed by atoms with Crippen LogP contribution in [-0.4, -0.2) is 35.2 Å². The van der Waals surface area contributed by atoms with Gasteiger partial charge in [0, 0.05) is 0 Å². The first-order valence-electron chi connectivity index (χ1n) is 6.59. The second-order valence-electron chi connectivity index (χ2n) is 5.41. The Morgan fingerprint density at radius 2 is 1.95 bits per heavy atom. The van der Waals surface area contributed by atoms with Gasteiger partial charge in [0.25, 0.3) is 0 Å². The molecule has 5 heteroatoms. The second-order valence-corrected chi connectivity index (χ2v) is 5.41. The normalized spacial score (nSPS) is 37.9. The average molecular weight is 271 g/mol. The lowest BCUT2D eigenvalue weighted by Gasteiger charge is -2.26. The number of aliphatic hydroxyl groups is 1. The lowest BCUT2D eigenvalue weighted by atomic mass is 9.77. The quantitative estimate of drug-likeness (QED) is 0.628. The minimum atomic E-state index is -1.02. The van der Waals surface area contributed by atoms with Crippen LogP contribution in [0.5, 0.6) is 0 Å². The number of hydrogen-bond donors (Lipinski definition) is 1. The van der Waals surface area contributed by atoms with Crippen molar-refractivity contribution in [1.82, 2.24) is 0 Å². The third-order valence-corrected chi connectivity index (χ3v) is 4.42. The van der Waals surface area contributed by atoms with Gasteiger partial charge in [-0.1, -0.05) is 30.4 Å². The summed E-state index contributed by atoms with van der Waals surface area (Å²) in [4.78, 5) is 26.4. The van der Waals surface area contributed by atoms with Gasteiger partial charge in [-0.05, 0) is 12.1 Å².